The highest BCUT2D eigenvalue weighted by molar-refractivity contribution is 9.10. The summed E-state index contributed by atoms with van der Waals surface area (Å²) in [5.41, 5.74) is 4.33. The van der Waals surface area contributed by atoms with Gasteiger partial charge in [0, 0.05) is 30.5 Å². The summed E-state index contributed by atoms with van der Waals surface area (Å²) in [6.45, 7) is 2.06. The van der Waals surface area contributed by atoms with Crippen LogP contribution in [0.5, 0.6) is 0 Å². The predicted molar refractivity (Wildman–Crippen MR) is 85.5 cm³/mol. The lowest BCUT2D eigenvalue weighted by atomic mass is 10.2. The molecule has 4 nitrogen and oxygen atoms in total. The number of fused-ring (bicyclic) bond motifs is 1. The molecule has 0 N–H and O–H groups in total. The van der Waals surface area contributed by atoms with Crippen molar-refractivity contribution in [2.24, 2.45) is 7.05 Å². The Morgan fingerprint density at radius 2 is 2.00 bits per heavy atom. The van der Waals surface area contributed by atoms with Crippen LogP contribution < -0.4 is 4.90 Å². The second-order valence-electron chi connectivity index (χ2n) is 4.88. The van der Waals surface area contributed by atoms with Crippen molar-refractivity contribution in [3.05, 3.63) is 46.8 Å². The minimum Gasteiger partial charge on any atom is -0.334 e. The molecule has 0 spiro atoms. The van der Waals surface area contributed by atoms with Gasteiger partial charge in [-0.15, -0.1) is 0 Å². The number of hydrogen-bond donors (Lipinski definition) is 0. The molecule has 0 saturated heterocycles. The summed E-state index contributed by atoms with van der Waals surface area (Å²) in [6.07, 6.45) is 3.65. The van der Waals surface area contributed by atoms with E-state index in [9.17, 15) is 0 Å². The number of halogens is 1. The molecule has 3 aromatic rings. The molecule has 2 heterocycles. The molecule has 0 radical (unpaired) electrons. The number of rotatable bonds is 2. The average molecular weight is 331 g/mol. The van der Waals surface area contributed by atoms with Crippen LogP contribution in [-0.2, 0) is 7.05 Å². The summed E-state index contributed by atoms with van der Waals surface area (Å²) in [5.74, 6) is 0.948. The highest BCUT2D eigenvalue weighted by atomic mass is 79.9. The van der Waals surface area contributed by atoms with E-state index in [1.165, 1.54) is 0 Å². The van der Waals surface area contributed by atoms with Crippen LogP contribution in [0, 0.1) is 6.92 Å². The van der Waals surface area contributed by atoms with Crippen LogP contribution in [0.15, 0.2) is 41.3 Å². The van der Waals surface area contributed by atoms with Gasteiger partial charge in [0.2, 0.25) is 0 Å². The maximum atomic E-state index is 4.49. The van der Waals surface area contributed by atoms with Gasteiger partial charge in [-0.3, -0.25) is 0 Å². The third kappa shape index (κ3) is 2.18. The van der Waals surface area contributed by atoms with Crippen LogP contribution in [0.2, 0.25) is 0 Å². The summed E-state index contributed by atoms with van der Waals surface area (Å²) < 4.78 is 3.01. The van der Waals surface area contributed by atoms with Gasteiger partial charge >= 0.3 is 0 Å². The van der Waals surface area contributed by atoms with Crippen LogP contribution in [0.1, 0.15) is 5.56 Å². The first-order valence-corrected chi connectivity index (χ1v) is 7.12. The number of aryl methyl sites for hydroxylation is 2. The Morgan fingerprint density at radius 3 is 2.75 bits per heavy atom. The Balaban J connectivity index is 2.05. The van der Waals surface area contributed by atoms with E-state index in [4.69, 9.17) is 0 Å². The van der Waals surface area contributed by atoms with Crippen molar-refractivity contribution in [3.63, 3.8) is 0 Å². The smallest absolute Gasteiger partial charge is 0.135 e. The van der Waals surface area contributed by atoms with E-state index < -0.39 is 0 Å². The molecule has 0 unspecified atom stereocenters. The van der Waals surface area contributed by atoms with Crippen molar-refractivity contribution in [1.82, 2.24) is 14.5 Å². The molecule has 0 saturated carbocycles. The SMILES string of the molecule is Cc1cc(Br)cnc1N(C)c1ccc2c(c1)ncn2C. The summed E-state index contributed by atoms with van der Waals surface area (Å²) in [7, 11) is 4.02. The summed E-state index contributed by atoms with van der Waals surface area (Å²) in [6, 6.07) is 8.33. The molecule has 5 heteroatoms. The largest absolute Gasteiger partial charge is 0.334 e. The van der Waals surface area contributed by atoms with Crippen LogP contribution in [0.4, 0.5) is 11.5 Å². The molecule has 0 atom stereocenters. The quantitative estimate of drug-likeness (QED) is 0.716. The number of nitrogens with zero attached hydrogens (tertiary/aromatic N) is 4. The van der Waals surface area contributed by atoms with E-state index in [2.05, 4.69) is 62.0 Å². The molecule has 0 aliphatic carbocycles. The summed E-state index contributed by atoms with van der Waals surface area (Å²) >= 11 is 3.44. The van der Waals surface area contributed by atoms with Gasteiger partial charge in [-0.1, -0.05) is 0 Å². The van der Waals surface area contributed by atoms with Gasteiger partial charge in [0.05, 0.1) is 17.4 Å². The van der Waals surface area contributed by atoms with Gasteiger partial charge in [-0.05, 0) is 52.7 Å². The zero-order valence-corrected chi connectivity index (χ0v) is 13.2. The first-order chi connectivity index (χ1) is 9.56. The van der Waals surface area contributed by atoms with Crippen LogP contribution >= 0.6 is 15.9 Å². The second-order valence-corrected chi connectivity index (χ2v) is 5.80. The normalized spacial score (nSPS) is 11.0. The highest BCUT2D eigenvalue weighted by Gasteiger charge is 2.10. The van der Waals surface area contributed by atoms with Crippen molar-refractivity contribution in [2.45, 2.75) is 6.92 Å². The van der Waals surface area contributed by atoms with Crippen molar-refractivity contribution in [2.75, 3.05) is 11.9 Å². The molecular formula is C15H15BrN4. The van der Waals surface area contributed by atoms with E-state index in [0.29, 0.717) is 0 Å². The third-order valence-corrected chi connectivity index (χ3v) is 3.86. The van der Waals surface area contributed by atoms with E-state index in [0.717, 1.165) is 32.6 Å². The van der Waals surface area contributed by atoms with Crippen LogP contribution in [0.25, 0.3) is 11.0 Å². The van der Waals surface area contributed by atoms with Gasteiger partial charge in [-0.2, -0.15) is 0 Å². The average Bonchev–Trinajstić information content (AvgIpc) is 2.79. The Kier molecular flexibility index (Phi) is 3.22. The van der Waals surface area contributed by atoms with Crippen molar-refractivity contribution in [3.8, 4) is 0 Å². The molecule has 0 fully saturated rings. The monoisotopic (exact) mass is 330 g/mol. The lowest BCUT2D eigenvalue weighted by Crippen LogP contribution is -2.12. The highest BCUT2D eigenvalue weighted by Crippen LogP contribution is 2.28. The molecule has 102 valence electrons. The molecule has 3 rings (SSSR count). The van der Waals surface area contributed by atoms with Gasteiger partial charge < -0.3 is 9.47 Å². The zero-order chi connectivity index (χ0) is 14.3. The standard InChI is InChI=1S/C15H15BrN4/c1-10-6-11(16)8-17-15(10)20(3)12-4-5-14-13(7-12)18-9-19(14)2/h4-9H,1-3H3. The van der Waals surface area contributed by atoms with Crippen molar-refractivity contribution in [1.29, 1.82) is 0 Å². The molecule has 0 aliphatic rings. The number of benzene rings is 1. The molecule has 1 aromatic carbocycles. The summed E-state index contributed by atoms with van der Waals surface area (Å²) in [4.78, 5) is 11.0. The second kappa shape index (κ2) is 4.90. The molecule has 0 bridgehead atoms. The van der Waals surface area contributed by atoms with E-state index in [-0.39, 0.29) is 0 Å². The Bertz CT molecular complexity index is 779. The van der Waals surface area contributed by atoms with Gasteiger partial charge in [-0.25, -0.2) is 9.97 Å². The molecule has 20 heavy (non-hydrogen) atoms. The fraction of sp³-hybridized carbons (Fsp3) is 0.200. The molecule has 0 aliphatic heterocycles. The third-order valence-electron chi connectivity index (χ3n) is 3.43. The minimum atomic E-state index is 0.948. The molecule has 2 aromatic heterocycles. The molecule has 0 amide bonds. The van der Waals surface area contributed by atoms with E-state index in [1.807, 2.05) is 31.2 Å². The number of hydrogen-bond acceptors (Lipinski definition) is 3. The Labute approximate surface area is 126 Å². The zero-order valence-electron chi connectivity index (χ0n) is 11.6. The number of anilines is 2. The number of imidazole rings is 1. The Hall–Kier alpha value is -1.88. The van der Waals surface area contributed by atoms with Gasteiger partial charge in [0.1, 0.15) is 5.82 Å². The van der Waals surface area contributed by atoms with Crippen LogP contribution in [-0.4, -0.2) is 21.6 Å². The first-order valence-electron chi connectivity index (χ1n) is 6.33. The Morgan fingerprint density at radius 1 is 1.20 bits per heavy atom. The maximum absolute atomic E-state index is 4.49. The lowest BCUT2D eigenvalue weighted by molar-refractivity contribution is 0.947. The maximum Gasteiger partial charge on any atom is 0.135 e. The lowest BCUT2D eigenvalue weighted by Gasteiger charge is -2.20. The predicted octanol–water partition coefficient (Wildman–Crippen LogP) is 3.81. The topological polar surface area (TPSA) is 34.0 Å². The number of pyridine rings is 1. The fourth-order valence-corrected chi connectivity index (χ4v) is 2.79. The fourth-order valence-electron chi connectivity index (χ4n) is 2.34. The van der Waals surface area contributed by atoms with Gasteiger partial charge in [0.15, 0.2) is 0 Å². The number of aromatic nitrogens is 3. The minimum absolute atomic E-state index is 0.948. The first kappa shape index (κ1) is 13.1. The van der Waals surface area contributed by atoms with Crippen LogP contribution in [0.3, 0.4) is 0 Å². The summed E-state index contributed by atoms with van der Waals surface area (Å²) in [5, 5.41) is 0. The van der Waals surface area contributed by atoms with E-state index in [1.54, 1.807) is 0 Å². The van der Waals surface area contributed by atoms with E-state index >= 15 is 0 Å². The van der Waals surface area contributed by atoms with Crippen molar-refractivity contribution >= 4 is 38.5 Å². The van der Waals surface area contributed by atoms with Gasteiger partial charge in [0.25, 0.3) is 0 Å². The van der Waals surface area contributed by atoms with Crippen molar-refractivity contribution < 1.29 is 0 Å². The molecular weight excluding hydrogens is 316 g/mol.